The zero-order chi connectivity index (χ0) is 10.4. The molecule has 4 heteroatoms. The fourth-order valence-corrected chi connectivity index (χ4v) is 1.13. The Labute approximate surface area is 84.9 Å². The SMILES string of the molecule is CNc1cncc(N(C)CCOC)c1. The molecule has 0 amide bonds. The predicted molar refractivity (Wildman–Crippen MR) is 58.9 cm³/mol. The van der Waals surface area contributed by atoms with Crippen LogP contribution in [-0.2, 0) is 4.74 Å². The molecule has 0 radical (unpaired) electrons. The summed E-state index contributed by atoms with van der Waals surface area (Å²) in [5.41, 5.74) is 2.11. The number of aromatic nitrogens is 1. The van der Waals surface area contributed by atoms with Crippen molar-refractivity contribution in [2.45, 2.75) is 0 Å². The number of methoxy groups -OCH3 is 1. The molecule has 0 spiro atoms. The van der Waals surface area contributed by atoms with Gasteiger partial charge in [-0.1, -0.05) is 0 Å². The van der Waals surface area contributed by atoms with Gasteiger partial charge in [0.05, 0.1) is 30.4 Å². The summed E-state index contributed by atoms with van der Waals surface area (Å²) in [7, 11) is 5.61. The van der Waals surface area contributed by atoms with Crippen LogP contribution in [-0.4, -0.2) is 39.3 Å². The van der Waals surface area contributed by atoms with Crippen LogP contribution in [0.3, 0.4) is 0 Å². The summed E-state index contributed by atoms with van der Waals surface area (Å²) in [5.74, 6) is 0. The largest absolute Gasteiger partial charge is 0.387 e. The normalized spacial score (nSPS) is 9.93. The van der Waals surface area contributed by atoms with Crippen molar-refractivity contribution in [1.29, 1.82) is 0 Å². The molecule has 1 aromatic rings. The molecule has 78 valence electrons. The lowest BCUT2D eigenvalue weighted by molar-refractivity contribution is 0.206. The maximum atomic E-state index is 5.01. The van der Waals surface area contributed by atoms with Crippen molar-refractivity contribution in [3.8, 4) is 0 Å². The average Bonchev–Trinajstić information content (AvgIpc) is 2.26. The first-order valence-corrected chi connectivity index (χ1v) is 4.61. The van der Waals surface area contributed by atoms with Crippen molar-refractivity contribution >= 4 is 11.4 Å². The van der Waals surface area contributed by atoms with Crippen molar-refractivity contribution in [1.82, 2.24) is 4.98 Å². The Morgan fingerprint density at radius 1 is 1.50 bits per heavy atom. The molecular weight excluding hydrogens is 178 g/mol. The minimum Gasteiger partial charge on any atom is -0.387 e. The van der Waals surface area contributed by atoms with Crippen LogP contribution in [0.5, 0.6) is 0 Å². The summed E-state index contributed by atoms with van der Waals surface area (Å²) in [4.78, 5) is 6.25. The van der Waals surface area contributed by atoms with Crippen molar-refractivity contribution < 1.29 is 4.74 Å². The van der Waals surface area contributed by atoms with Gasteiger partial charge in [0.15, 0.2) is 0 Å². The molecule has 1 aromatic heterocycles. The van der Waals surface area contributed by atoms with E-state index in [9.17, 15) is 0 Å². The predicted octanol–water partition coefficient (Wildman–Crippen LogP) is 1.21. The number of pyridine rings is 1. The zero-order valence-electron chi connectivity index (χ0n) is 8.95. The second-order valence-corrected chi connectivity index (χ2v) is 3.10. The summed E-state index contributed by atoms with van der Waals surface area (Å²) in [5, 5.41) is 3.06. The lowest BCUT2D eigenvalue weighted by Gasteiger charge is -2.18. The Hall–Kier alpha value is -1.29. The molecule has 0 aliphatic rings. The molecule has 0 saturated heterocycles. The molecule has 0 aliphatic heterocycles. The van der Waals surface area contributed by atoms with Crippen molar-refractivity contribution in [3.63, 3.8) is 0 Å². The van der Waals surface area contributed by atoms with Crippen LogP contribution >= 0.6 is 0 Å². The number of hydrogen-bond donors (Lipinski definition) is 1. The standard InChI is InChI=1S/C10H17N3O/c1-11-9-6-10(8-12-7-9)13(2)4-5-14-3/h6-8,11H,4-5H2,1-3H3. The summed E-state index contributed by atoms with van der Waals surface area (Å²) < 4.78 is 5.01. The van der Waals surface area contributed by atoms with Gasteiger partial charge in [0.1, 0.15) is 0 Å². The van der Waals surface area contributed by atoms with Crippen LogP contribution in [0, 0.1) is 0 Å². The van der Waals surface area contributed by atoms with E-state index in [0.717, 1.165) is 24.5 Å². The van der Waals surface area contributed by atoms with E-state index in [2.05, 4.69) is 21.3 Å². The highest BCUT2D eigenvalue weighted by molar-refractivity contribution is 5.54. The molecule has 1 rings (SSSR count). The first-order valence-electron chi connectivity index (χ1n) is 4.61. The number of nitrogens with zero attached hydrogens (tertiary/aromatic N) is 2. The number of hydrogen-bond acceptors (Lipinski definition) is 4. The fraction of sp³-hybridized carbons (Fsp3) is 0.500. The van der Waals surface area contributed by atoms with E-state index >= 15 is 0 Å². The maximum Gasteiger partial charge on any atom is 0.0637 e. The Kier molecular flexibility index (Phi) is 4.19. The van der Waals surface area contributed by atoms with E-state index in [1.807, 2.05) is 20.3 Å². The molecule has 0 aromatic carbocycles. The second kappa shape index (κ2) is 5.44. The monoisotopic (exact) mass is 195 g/mol. The number of rotatable bonds is 5. The van der Waals surface area contributed by atoms with Gasteiger partial charge in [-0.05, 0) is 6.07 Å². The van der Waals surface area contributed by atoms with Gasteiger partial charge in [-0.2, -0.15) is 0 Å². The van der Waals surface area contributed by atoms with Gasteiger partial charge in [0, 0.05) is 27.7 Å². The Morgan fingerprint density at radius 2 is 2.29 bits per heavy atom. The Bertz CT molecular complexity index is 278. The van der Waals surface area contributed by atoms with Gasteiger partial charge >= 0.3 is 0 Å². The van der Waals surface area contributed by atoms with Crippen LogP contribution in [0.25, 0.3) is 0 Å². The van der Waals surface area contributed by atoms with Gasteiger partial charge in [0.25, 0.3) is 0 Å². The van der Waals surface area contributed by atoms with E-state index in [1.165, 1.54) is 0 Å². The number of likely N-dealkylation sites (N-methyl/N-ethyl adjacent to an activating group) is 1. The third kappa shape index (κ3) is 2.88. The summed E-state index contributed by atoms with van der Waals surface area (Å²) in [6.45, 7) is 1.59. The highest BCUT2D eigenvalue weighted by atomic mass is 16.5. The zero-order valence-corrected chi connectivity index (χ0v) is 8.95. The van der Waals surface area contributed by atoms with Crippen molar-refractivity contribution in [2.75, 3.05) is 44.6 Å². The summed E-state index contributed by atoms with van der Waals surface area (Å²) in [6.07, 6.45) is 3.64. The molecule has 1 heterocycles. The first-order chi connectivity index (χ1) is 6.77. The van der Waals surface area contributed by atoms with E-state index in [0.29, 0.717) is 0 Å². The van der Waals surface area contributed by atoms with Crippen LogP contribution in [0.15, 0.2) is 18.5 Å². The van der Waals surface area contributed by atoms with Gasteiger partial charge in [-0.15, -0.1) is 0 Å². The van der Waals surface area contributed by atoms with Crippen LogP contribution in [0.2, 0.25) is 0 Å². The summed E-state index contributed by atoms with van der Waals surface area (Å²) >= 11 is 0. The molecule has 0 fully saturated rings. The lowest BCUT2D eigenvalue weighted by Crippen LogP contribution is -2.22. The minimum absolute atomic E-state index is 0.723. The molecular formula is C10H17N3O. The minimum atomic E-state index is 0.723. The Morgan fingerprint density at radius 3 is 2.93 bits per heavy atom. The van der Waals surface area contributed by atoms with Gasteiger partial charge in [-0.25, -0.2) is 0 Å². The van der Waals surface area contributed by atoms with Crippen molar-refractivity contribution in [3.05, 3.63) is 18.5 Å². The second-order valence-electron chi connectivity index (χ2n) is 3.10. The van der Waals surface area contributed by atoms with Crippen LogP contribution in [0.1, 0.15) is 0 Å². The van der Waals surface area contributed by atoms with Crippen molar-refractivity contribution in [2.24, 2.45) is 0 Å². The molecule has 0 unspecified atom stereocenters. The number of ether oxygens (including phenoxy) is 1. The molecule has 0 aliphatic carbocycles. The van der Waals surface area contributed by atoms with Crippen LogP contribution in [0.4, 0.5) is 11.4 Å². The maximum absolute atomic E-state index is 5.01. The Balaban J connectivity index is 2.64. The van der Waals surface area contributed by atoms with Gasteiger partial charge < -0.3 is 15.0 Å². The van der Waals surface area contributed by atoms with Gasteiger partial charge in [0.2, 0.25) is 0 Å². The van der Waals surface area contributed by atoms with E-state index in [1.54, 1.807) is 13.3 Å². The molecule has 0 bridgehead atoms. The van der Waals surface area contributed by atoms with E-state index < -0.39 is 0 Å². The average molecular weight is 195 g/mol. The van der Waals surface area contributed by atoms with E-state index in [-0.39, 0.29) is 0 Å². The molecule has 14 heavy (non-hydrogen) atoms. The molecule has 0 atom stereocenters. The number of nitrogens with one attached hydrogen (secondary N) is 1. The van der Waals surface area contributed by atoms with E-state index in [4.69, 9.17) is 4.74 Å². The first kappa shape index (κ1) is 10.8. The quantitative estimate of drug-likeness (QED) is 0.766. The molecule has 4 nitrogen and oxygen atoms in total. The topological polar surface area (TPSA) is 37.4 Å². The summed E-state index contributed by atoms with van der Waals surface area (Å²) in [6, 6.07) is 2.06. The third-order valence-corrected chi connectivity index (χ3v) is 2.08. The number of anilines is 2. The lowest BCUT2D eigenvalue weighted by atomic mass is 10.3. The highest BCUT2D eigenvalue weighted by Gasteiger charge is 2.01. The third-order valence-electron chi connectivity index (χ3n) is 2.08. The van der Waals surface area contributed by atoms with Crippen LogP contribution < -0.4 is 10.2 Å². The fourth-order valence-electron chi connectivity index (χ4n) is 1.13. The highest BCUT2D eigenvalue weighted by Crippen LogP contribution is 2.15. The van der Waals surface area contributed by atoms with Gasteiger partial charge in [-0.3, -0.25) is 4.98 Å². The molecule has 0 saturated carbocycles. The smallest absolute Gasteiger partial charge is 0.0637 e. The molecule has 1 N–H and O–H groups in total.